The van der Waals surface area contributed by atoms with Crippen molar-refractivity contribution in [2.75, 3.05) is 13.1 Å². The molecule has 0 saturated heterocycles. The number of halogens is 5. The van der Waals surface area contributed by atoms with Gasteiger partial charge in [-0.3, -0.25) is 9.47 Å². The van der Waals surface area contributed by atoms with Gasteiger partial charge in [0.15, 0.2) is 0 Å². The predicted molar refractivity (Wildman–Crippen MR) is 138 cm³/mol. The summed E-state index contributed by atoms with van der Waals surface area (Å²) in [7, 11) is 0. The molecule has 0 aliphatic carbocycles. The smallest absolute Gasteiger partial charge is 0.326 e. The number of nitrogens with one attached hydrogen (secondary N) is 1. The Morgan fingerprint density at radius 3 is 2.70 bits per heavy atom. The van der Waals surface area contributed by atoms with Gasteiger partial charge in [-0.2, -0.15) is 4.39 Å². The van der Waals surface area contributed by atoms with Crippen LogP contribution in [0.2, 0.25) is 10.0 Å². The molecule has 0 atom stereocenters. The normalized spacial score (nSPS) is 13.9. The zero-order chi connectivity index (χ0) is 26.1. The minimum absolute atomic E-state index is 0.0858. The number of fused-ring (bicyclic) bond motifs is 3. The van der Waals surface area contributed by atoms with Crippen molar-refractivity contribution >= 4 is 46.2 Å². The second-order valence-corrected chi connectivity index (χ2v) is 9.59. The van der Waals surface area contributed by atoms with E-state index in [2.05, 4.69) is 15.2 Å². The SMILES string of the molecule is O=C(NCc1ccnc(F)c1)n1c2c(c3cc(F)c(Cl)cc31)CN(CC=Cc1ccc(Cl)cc1F)CC2. The van der Waals surface area contributed by atoms with Crippen molar-refractivity contribution in [3.8, 4) is 0 Å². The quantitative estimate of drug-likeness (QED) is 0.288. The lowest BCUT2D eigenvalue weighted by Gasteiger charge is -2.27. The van der Waals surface area contributed by atoms with E-state index < -0.39 is 23.6 Å². The molecule has 2 aromatic carbocycles. The fourth-order valence-electron chi connectivity index (χ4n) is 4.57. The standard InChI is InChI=1S/C27H21Cl2F3N4O/c28-18-4-3-17(22(30)11-18)2-1-8-35-9-6-24-20(15-35)19-12-23(31)21(29)13-25(19)36(24)27(37)34-14-16-5-7-33-26(32)10-16/h1-5,7,10-13H,6,8-9,14-15H2,(H,34,37). The number of amides is 1. The van der Waals surface area contributed by atoms with E-state index in [0.717, 1.165) is 11.3 Å². The average Bonchev–Trinajstić information content (AvgIpc) is 3.17. The first-order valence-corrected chi connectivity index (χ1v) is 12.3. The maximum Gasteiger partial charge on any atom is 0.326 e. The number of benzene rings is 2. The van der Waals surface area contributed by atoms with Crippen LogP contribution in [0.15, 0.2) is 54.7 Å². The number of aromatic nitrogens is 2. The van der Waals surface area contributed by atoms with Gasteiger partial charge in [0.25, 0.3) is 0 Å². The lowest BCUT2D eigenvalue weighted by molar-refractivity contribution is 0.240. The van der Waals surface area contributed by atoms with Gasteiger partial charge in [-0.05, 0) is 47.5 Å². The zero-order valence-electron chi connectivity index (χ0n) is 19.4. The van der Waals surface area contributed by atoms with Gasteiger partial charge in [-0.15, -0.1) is 0 Å². The van der Waals surface area contributed by atoms with Crippen molar-refractivity contribution in [1.29, 1.82) is 0 Å². The van der Waals surface area contributed by atoms with Crippen LogP contribution in [0.4, 0.5) is 18.0 Å². The highest BCUT2D eigenvalue weighted by atomic mass is 35.5. The van der Waals surface area contributed by atoms with Crippen LogP contribution in [0.1, 0.15) is 22.4 Å². The molecule has 0 bridgehead atoms. The van der Waals surface area contributed by atoms with Crippen LogP contribution >= 0.6 is 23.2 Å². The Balaban J connectivity index is 1.40. The van der Waals surface area contributed by atoms with Crippen LogP contribution in [0.25, 0.3) is 17.0 Å². The van der Waals surface area contributed by atoms with Crippen LogP contribution in [0, 0.1) is 17.6 Å². The molecular formula is C27H21Cl2F3N4O. The molecular weight excluding hydrogens is 524 g/mol. The van der Waals surface area contributed by atoms with Gasteiger partial charge in [0.05, 0.1) is 10.5 Å². The molecule has 5 nitrogen and oxygen atoms in total. The second kappa shape index (κ2) is 10.6. The maximum absolute atomic E-state index is 14.4. The summed E-state index contributed by atoms with van der Waals surface area (Å²) in [4.78, 5) is 18.9. The summed E-state index contributed by atoms with van der Waals surface area (Å²) in [6, 6.07) is 9.74. The molecule has 0 saturated carbocycles. The number of nitrogens with zero attached hydrogens (tertiary/aromatic N) is 3. The van der Waals surface area contributed by atoms with Crippen molar-refractivity contribution in [3.05, 3.63) is 105 Å². The van der Waals surface area contributed by atoms with Gasteiger partial charge in [0.1, 0.15) is 11.6 Å². The molecule has 4 aromatic rings. The molecule has 3 heterocycles. The van der Waals surface area contributed by atoms with Crippen molar-refractivity contribution in [3.63, 3.8) is 0 Å². The summed E-state index contributed by atoms with van der Waals surface area (Å²) < 4.78 is 43.4. The highest BCUT2D eigenvalue weighted by Gasteiger charge is 2.27. The van der Waals surface area contributed by atoms with E-state index in [1.54, 1.807) is 24.3 Å². The van der Waals surface area contributed by atoms with E-state index in [4.69, 9.17) is 23.2 Å². The van der Waals surface area contributed by atoms with E-state index in [0.29, 0.717) is 53.1 Å². The third kappa shape index (κ3) is 5.37. The van der Waals surface area contributed by atoms with Crippen LogP contribution in [-0.4, -0.2) is 33.6 Å². The molecule has 5 rings (SSSR count). The highest BCUT2D eigenvalue weighted by Crippen LogP contribution is 2.34. The summed E-state index contributed by atoms with van der Waals surface area (Å²) in [5, 5.41) is 3.64. The minimum atomic E-state index is -0.634. The third-order valence-corrected chi connectivity index (χ3v) is 6.86. The number of hydrogen-bond acceptors (Lipinski definition) is 3. The molecule has 0 spiro atoms. The van der Waals surface area contributed by atoms with Gasteiger partial charge in [-0.1, -0.05) is 41.4 Å². The molecule has 2 aromatic heterocycles. The topological polar surface area (TPSA) is 50.2 Å². The summed E-state index contributed by atoms with van der Waals surface area (Å²) >= 11 is 11.9. The first kappa shape index (κ1) is 25.3. The molecule has 0 fully saturated rings. The maximum atomic E-state index is 14.4. The van der Waals surface area contributed by atoms with Gasteiger partial charge in [0, 0.05) is 60.5 Å². The molecule has 0 radical (unpaired) electrons. The molecule has 10 heteroatoms. The fourth-order valence-corrected chi connectivity index (χ4v) is 4.88. The van der Waals surface area contributed by atoms with E-state index in [9.17, 15) is 18.0 Å². The lowest BCUT2D eigenvalue weighted by atomic mass is 10.0. The number of hydrogen-bond donors (Lipinski definition) is 1. The van der Waals surface area contributed by atoms with Crippen LogP contribution < -0.4 is 5.32 Å². The van der Waals surface area contributed by atoms with Gasteiger partial charge < -0.3 is 5.32 Å². The van der Waals surface area contributed by atoms with E-state index in [-0.39, 0.29) is 11.6 Å². The molecule has 1 N–H and O–H groups in total. The molecule has 1 amide bonds. The second-order valence-electron chi connectivity index (χ2n) is 8.74. The Bertz CT molecular complexity index is 1540. The van der Waals surface area contributed by atoms with Crippen molar-refractivity contribution < 1.29 is 18.0 Å². The van der Waals surface area contributed by atoms with Gasteiger partial charge in [0.2, 0.25) is 5.95 Å². The van der Waals surface area contributed by atoms with Crippen LogP contribution in [0.5, 0.6) is 0 Å². The predicted octanol–water partition coefficient (Wildman–Crippen LogP) is 6.59. The summed E-state index contributed by atoms with van der Waals surface area (Å²) in [6.07, 6.45) is 5.41. The molecule has 190 valence electrons. The molecule has 37 heavy (non-hydrogen) atoms. The fraction of sp³-hybridized carbons (Fsp3) is 0.185. The van der Waals surface area contributed by atoms with E-state index in [1.807, 2.05) is 6.08 Å². The first-order chi connectivity index (χ1) is 17.8. The largest absolute Gasteiger partial charge is 0.333 e. The Labute approximate surface area is 221 Å². The van der Waals surface area contributed by atoms with Crippen LogP contribution in [-0.2, 0) is 19.5 Å². The highest BCUT2D eigenvalue weighted by molar-refractivity contribution is 6.31. The summed E-state index contributed by atoms with van der Waals surface area (Å²) in [5.41, 5.74) is 3.08. The lowest BCUT2D eigenvalue weighted by Crippen LogP contribution is -2.34. The molecule has 1 aliphatic heterocycles. The van der Waals surface area contributed by atoms with Gasteiger partial charge in [-0.25, -0.2) is 18.6 Å². The minimum Gasteiger partial charge on any atom is -0.333 e. The monoisotopic (exact) mass is 544 g/mol. The number of rotatable bonds is 5. The number of carbonyl (C=O) groups is 1. The van der Waals surface area contributed by atoms with Crippen molar-refractivity contribution in [1.82, 2.24) is 19.8 Å². The summed E-state index contributed by atoms with van der Waals surface area (Å²) in [6.45, 7) is 1.73. The number of carbonyl (C=O) groups excluding carboxylic acids is 1. The summed E-state index contributed by atoms with van der Waals surface area (Å²) in [5.74, 6) is -1.61. The average molecular weight is 545 g/mol. The Morgan fingerprint density at radius 1 is 1.08 bits per heavy atom. The van der Waals surface area contributed by atoms with Crippen molar-refractivity contribution in [2.24, 2.45) is 0 Å². The first-order valence-electron chi connectivity index (χ1n) is 11.5. The zero-order valence-corrected chi connectivity index (χ0v) is 21.0. The van der Waals surface area contributed by atoms with Crippen LogP contribution in [0.3, 0.4) is 0 Å². The van der Waals surface area contributed by atoms with E-state index >= 15 is 0 Å². The Kier molecular flexibility index (Phi) is 7.24. The van der Waals surface area contributed by atoms with Crippen molar-refractivity contribution in [2.45, 2.75) is 19.5 Å². The third-order valence-electron chi connectivity index (χ3n) is 6.33. The Hall–Kier alpha value is -3.33. The number of pyridine rings is 1. The molecule has 0 unspecified atom stereocenters. The van der Waals surface area contributed by atoms with E-state index in [1.165, 1.54) is 35.0 Å². The van der Waals surface area contributed by atoms with Gasteiger partial charge >= 0.3 is 6.03 Å². The molecule has 1 aliphatic rings. The Morgan fingerprint density at radius 2 is 1.92 bits per heavy atom.